The minimum Gasteiger partial charge on any atom is -0.449 e. The molecular weight excluding hydrogens is 180 g/mol. The van der Waals surface area contributed by atoms with Crippen molar-refractivity contribution >= 4 is 11.9 Å². The molecule has 0 saturated carbocycles. The second-order valence-corrected chi connectivity index (χ2v) is 2.76. The van der Waals surface area contributed by atoms with Crippen LogP contribution in [-0.2, 0) is 4.74 Å². The number of pyridine rings is 1. The van der Waals surface area contributed by atoms with Gasteiger partial charge in [-0.2, -0.15) is 0 Å². The molecule has 1 amide bonds. The van der Waals surface area contributed by atoms with Gasteiger partial charge in [0.25, 0.3) is 0 Å². The van der Waals surface area contributed by atoms with Crippen LogP contribution in [0.5, 0.6) is 0 Å². The molecule has 1 aromatic heterocycles. The van der Waals surface area contributed by atoms with Gasteiger partial charge in [0, 0.05) is 6.20 Å². The minimum absolute atomic E-state index is 0.443. The number of hydrogen-bond donors (Lipinski definition) is 1. The van der Waals surface area contributed by atoms with Crippen LogP contribution in [0.25, 0.3) is 0 Å². The predicted molar refractivity (Wildman–Crippen MR) is 53.0 cm³/mol. The van der Waals surface area contributed by atoms with Gasteiger partial charge in [-0.15, -0.1) is 0 Å². The molecule has 0 aliphatic rings. The van der Waals surface area contributed by atoms with E-state index in [4.69, 9.17) is 4.74 Å². The highest BCUT2D eigenvalue weighted by Gasteiger charge is 2.01. The Labute approximate surface area is 83.3 Å². The largest absolute Gasteiger partial charge is 0.449 e. The van der Waals surface area contributed by atoms with E-state index in [9.17, 15) is 4.79 Å². The van der Waals surface area contributed by atoms with Gasteiger partial charge in [0.15, 0.2) is 0 Å². The molecule has 0 bridgehead atoms. The lowest BCUT2D eigenvalue weighted by atomic mass is 10.4. The predicted octanol–water partition coefficient (Wildman–Crippen LogP) is 2.23. The van der Waals surface area contributed by atoms with Crippen LogP contribution in [0.4, 0.5) is 10.6 Å². The van der Waals surface area contributed by atoms with Gasteiger partial charge in [0.1, 0.15) is 5.82 Å². The van der Waals surface area contributed by atoms with E-state index < -0.39 is 6.09 Å². The monoisotopic (exact) mass is 193 g/mol. The lowest BCUT2D eigenvalue weighted by molar-refractivity contribution is 0.160. The maximum atomic E-state index is 11.1. The Kier molecular flexibility index (Phi) is 4.47. The third kappa shape index (κ3) is 3.89. The molecule has 14 heavy (non-hydrogen) atoms. The Morgan fingerprint density at radius 1 is 1.71 bits per heavy atom. The van der Waals surface area contributed by atoms with E-state index >= 15 is 0 Å². The molecule has 0 saturated heterocycles. The molecule has 0 aliphatic carbocycles. The number of ether oxygens (including phenoxy) is 1. The van der Waals surface area contributed by atoms with Crippen LogP contribution in [0.2, 0.25) is 0 Å². The third-order valence-electron chi connectivity index (χ3n) is 1.57. The van der Waals surface area contributed by atoms with Gasteiger partial charge in [-0.05, 0) is 24.6 Å². The zero-order valence-corrected chi connectivity index (χ0v) is 8.12. The fourth-order valence-corrected chi connectivity index (χ4v) is 0.843. The van der Waals surface area contributed by atoms with E-state index in [0.717, 1.165) is 12.8 Å². The van der Waals surface area contributed by atoms with Crippen molar-refractivity contribution in [1.29, 1.82) is 0 Å². The Morgan fingerprint density at radius 3 is 3.21 bits per heavy atom. The second kappa shape index (κ2) is 5.96. The molecule has 75 valence electrons. The van der Waals surface area contributed by atoms with Crippen LogP contribution in [-0.4, -0.2) is 17.7 Å². The number of hydrogen-bond acceptors (Lipinski definition) is 3. The van der Waals surface area contributed by atoms with Gasteiger partial charge in [-0.1, -0.05) is 13.3 Å². The summed E-state index contributed by atoms with van der Waals surface area (Å²) >= 11 is 0. The number of carbonyl (C=O) groups excluding carboxylic acids is 1. The van der Waals surface area contributed by atoms with Crippen molar-refractivity contribution in [1.82, 2.24) is 4.98 Å². The van der Waals surface area contributed by atoms with Crippen molar-refractivity contribution in [3.8, 4) is 0 Å². The van der Waals surface area contributed by atoms with E-state index in [1.165, 1.54) is 0 Å². The fourth-order valence-electron chi connectivity index (χ4n) is 0.843. The number of rotatable bonds is 4. The average molecular weight is 193 g/mol. The normalized spacial score (nSPS) is 9.50. The molecule has 1 rings (SSSR count). The van der Waals surface area contributed by atoms with Gasteiger partial charge in [-0.3, -0.25) is 5.32 Å². The highest BCUT2D eigenvalue weighted by molar-refractivity contribution is 5.83. The molecule has 4 nitrogen and oxygen atoms in total. The van der Waals surface area contributed by atoms with Crippen LogP contribution in [0.15, 0.2) is 18.3 Å². The summed E-state index contributed by atoms with van der Waals surface area (Å²) in [4.78, 5) is 15.0. The molecule has 1 aromatic rings. The zero-order valence-electron chi connectivity index (χ0n) is 8.12. The maximum absolute atomic E-state index is 11.1. The number of nitrogens with one attached hydrogen (secondary N) is 1. The van der Waals surface area contributed by atoms with E-state index in [1.54, 1.807) is 18.3 Å². The summed E-state index contributed by atoms with van der Waals surface area (Å²) in [5, 5.41) is 2.50. The number of nitrogens with zero attached hydrogens (tertiary/aromatic N) is 1. The van der Waals surface area contributed by atoms with Gasteiger partial charge in [-0.25, -0.2) is 9.78 Å². The van der Waals surface area contributed by atoms with E-state index in [0.29, 0.717) is 12.4 Å². The highest BCUT2D eigenvalue weighted by Crippen LogP contribution is 2.00. The van der Waals surface area contributed by atoms with Crippen molar-refractivity contribution in [2.24, 2.45) is 0 Å². The molecule has 0 fully saturated rings. The smallest absolute Gasteiger partial charge is 0.412 e. The van der Waals surface area contributed by atoms with Crippen molar-refractivity contribution < 1.29 is 9.53 Å². The molecule has 1 N–H and O–H groups in total. The summed E-state index contributed by atoms with van der Waals surface area (Å²) < 4.78 is 4.88. The molecule has 1 radical (unpaired) electrons. The first kappa shape index (κ1) is 10.5. The lowest BCUT2D eigenvalue weighted by Crippen LogP contribution is -2.14. The van der Waals surface area contributed by atoms with Crippen LogP contribution < -0.4 is 5.32 Å². The first-order chi connectivity index (χ1) is 6.83. The molecule has 0 spiro atoms. The van der Waals surface area contributed by atoms with Crippen molar-refractivity contribution in [3.63, 3.8) is 0 Å². The van der Waals surface area contributed by atoms with Gasteiger partial charge >= 0.3 is 6.09 Å². The number of aromatic nitrogens is 1. The highest BCUT2D eigenvalue weighted by atomic mass is 16.5. The molecule has 0 aromatic carbocycles. The topological polar surface area (TPSA) is 51.2 Å². The quantitative estimate of drug-likeness (QED) is 0.746. The van der Waals surface area contributed by atoms with Gasteiger partial charge in [0.2, 0.25) is 0 Å². The van der Waals surface area contributed by atoms with Gasteiger partial charge < -0.3 is 4.74 Å². The molecule has 4 heteroatoms. The number of amides is 1. The van der Waals surface area contributed by atoms with Crippen LogP contribution in [0, 0.1) is 6.07 Å². The summed E-state index contributed by atoms with van der Waals surface area (Å²) in [7, 11) is 0. The Morgan fingerprint density at radius 2 is 2.57 bits per heavy atom. The molecule has 0 unspecified atom stereocenters. The summed E-state index contributed by atoms with van der Waals surface area (Å²) in [5.41, 5.74) is 0. The first-order valence-corrected chi connectivity index (χ1v) is 4.59. The Balaban J connectivity index is 2.27. The van der Waals surface area contributed by atoms with Gasteiger partial charge in [0.05, 0.1) is 6.61 Å². The SMILES string of the molecule is CCCCOC(=O)Nc1c[c]ccn1. The summed E-state index contributed by atoms with van der Waals surface area (Å²) in [6, 6.07) is 6.05. The molecule has 0 atom stereocenters. The van der Waals surface area contributed by atoms with Crippen LogP contribution in [0.1, 0.15) is 19.8 Å². The summed E-state index contributed by atoms with van der Waals surface area (Å²) in [6.45, 7) is 2.48. The number of unbranched alkanes of at least 4 members (excludes halogenated alkanes) is 1. The van der Waals surface area contributed by atoms with Crippen molar-refractivity contribution in [3.05, 3.63) is 24.4 Å². The summed E-state index contributed by atoms with van der Waals surface area (Å²) in [6.07, 6.45) is 2.97. The van der Waals surface area contributed by atoms with Crippen LogP contribution in [0.3, 0.4) is 0 Å². The summed E-state index contributed by atoms with van der Waals surface area (Å²) in [5.74, 6) is 0.453. The van der Waals surface area contributed by atoms with E-state index in [2.05, 4.69) is 16.4 Å². The van der Waals surface area contributed by atoms with E-state index in [-0.39, 0.29) is 0 Å². The number of anilines is 1. The molecule has 0 aliphatic heterocycles. The Bertz CT molecular complexity index is 275. The standard InChI is InChI=1S/C10H13N2O2/c1-2-3-8-14-10(13)12-9-6-4-5-7-11-9/h5-7H,2-3,8H2,1H3,(H,11,12,13). The number of carbonyl (C=O) groups is 1. The Hall–Kier alpha value is -1.58. The fraction of sp³-hybridized carbons (Fsp3) is 0.400. The lowest BCUT2D eigenvalue weighted by Gasteiger charge is -2.04. The first-order valence-electron chi connectivity index (χ1n) is 4.59. The average Bonchev–Trinajstić information content (AvgIpc) is 2.20. The molecule has 1 heterocycles. The third-order valence-corrected chi connectivity index (χ3v) is 1.57. The van der Waals surface area contributed by atoms with Crippen LogP contribution >= 0.6 is 0 Å². The van der Waals surface area contributed by atoms with E-state index in [1.807, 2.05) is 6.92 Å². The second-order valence-electron chi connectivity index (χ2n) is 2.76. The zero-order chi connectivity index (χ0) is 10.2. The molecular formula is C10H13N2O2. The maximum Gasteiger partial charge on any atom is 0.412 e. The minimum atomic E-state index is -0.467. The van der Waals surface area contributed by atoms with Crippen molar-refractivity contribution in [2.45, 2.75) is 19.8 Å². The van der Waals surface area contributed by atoms with Crippen molar-refractivity contribution in [2.75, 3.05) is 11.9 Å².